The number of thiophene rings is 1. The Labute approximate surface area is 201 Å². The number of ether oxygens (including phenoxy) is 1. The van der Waals surface area contributed by atoms with Crippen LogP contribution in [0.5, 0.6) is 0 Å². The van der Waals surface area contributed by atoms with Gasteiger partial charge in [0.25, 0.3) is 17.7 Å². The first kappa shape index (κ1) is 23.5. The molecule has 0 bridgehead atoms. The van der Waals surface area contributed by atoms with E-state index in [-0.39, 0.29) is 31.4 Å². The molecule has 0 spiro atoms. The summed E-state index contributed by atoms with van der Waals surface area (Å²) in [5.74, 6) is 1.14. The maximum absolute atomic E-state index is 13.4. The van der Waals surface area contributed by atoms with Gasteiger partial charge in [-0.2, -0.15) is 0 Å². The van der Waals surface area contributed by atoms with Gasteiger partial charge in [-0.1, -0.05) is 5.92 Å². The van der Waals surface area contributed by atoms with Gasteiger partial charge >= 0.3 is 0 Å². The first-order valence-corrected chi connectivity index (χ1v) is 11.5. The second-order valence-electron chi connectivity index (χ2n) is 8.32. The fourth-order valence-electron chi connectivity index (χ4n) is 4.11. The molecule has 10 heteroatoms. The first-order chi connectivity index (χ1) is 16.2. The molecule has 34 heavy (non-hydrogen) atoms. The van der Waals surface area contributed by atoms with Gasteiger partial charge in [0.2, 0.25) is 5.91 Å². The van der Waals surface area contributed by atoms with Gasteiger partial charge < -0.3 is 25.2 Å². The summed E-state index contributed by atoms with van der Waals surface area (Å²) in [6, 6.07) is 8.46. The maximum atomic E-state index is 13.4. The number of amides is 4. The molecular formula is C24H24N4O5S. The number of likely N-dealkylation sites (N-methyl/N-ethyl adjacent to an activating group) is 1. The van der Waals surface area contributed by atoms with Crippen LogP contribution >= 0.6 is 11.3 Å². The molecule has 1 atom stereocenters. The molecule has 2 aliphatic rings. The lowest BCUT2D eigenvalue weighted by Gasteiger charge is -2.29. The van der Waals surface area contributed by atoms with Crippen LogP contribution in [0, 0.1) is 19.3 Å². The summed E-state index contributed by atoms with van der Waals surface area (Å²) < 4.78 is 5.18. The largest absolute Gasteiger partial charge is 0.370 e. The third-order valence-corrected chi connectivity index (χ3v) is 6.89. The van der Waals surface area contributed by atoms with Crippen molar-refractivity contribution in [3.8, 4) is 12.3 Å². The molecule has 0 saturated carbocycles. The smallest absolute Gasteiger partial charge is 0.262 e. The number of benzene rings is 1. The third-order valence-electron chi connectivity index (χ3n) is 5.88. The molecular weight excluding hydrogens is 456 g/mol. The van der Waals surface area contributed by atoms with E-state index in [4.69, 9.17) is 11.2 Å². The Kier molecular flexibility index (Phi) is 6.41. The van der Waals surface area contributed by atoms with E-state index in [1.807, 2.05) is 6.92 Å². The van der Waals surface area contributed by atoms with Crippen LogP contribution in [0.15, 0.2) is 30.3 Å². The summed E-state index contributed by atoms with van der Waals surface area (Å²) in [6.07, 6.45) is 5.23. The number of morpholine rings is 1. The molecule has 1 aromatic heterocycles. The molecule has 3 heterocycles. The van der Waals surface area contributed by atoms with Gasteiger partial charge in [0.15, 0.2) is 0 Å². The Morgan fingerprint density at radius 1 is 1.21 bits per heavy atom. The molecule has 1 unspecified atom stereocenters. The van der Waals surface area contributed by atoms with Crippen molar-refractivity contribution in [3.63, 3.8) is 0 Å². The van der Waals surface area contributed by atoms with Crippen LogP contribution in [0.25, 0.3) is 0 Å². The molecule has 4 amide bonds. The van der Waals surface area contributed by atoms with E-state index in [9.17, 15) is 19.2 Å². The summed E-state index contributed by atoms with van der Waals surface area (Å²) >= 11 is 1.14. The van der Waals surface area contributed by atoms with E-state index in [0.717, 1.165) is 22.6 Å². The van der Waals surface area contributed by atoms with E-state index in [2.05, 4.69) is 16.6 Å². The van der Waals surface area contributed by atoms with Crippen molar-refractivity contribution in [2.75, 3.05) is 43.6 Å². The minimum Gasteiger partial charge on any atom is -0.370 e. The third kappa shape index (κ3) is 4.53. The number of rotatable bonds is 5. The lowest BCUT2D eigenvalue weighted by Crippen LogP contribution is -2.58. The van der Waals surface area contributed by atoms with Crippen LogP contribution in [0.2, 0.25) is 0 Å². The first-order valence-electron chi connectivity index (χ1n) is 10.7. The fraction of sp³-hybridized carbons (Fsp3) is 0.333. The van der Waals surface area contributed by atoms with Crippen molar-refractivity contribution in [3.05, 3.63) is 45.6 Å². The SMILES string of the molecule is C#Cc1ccc(C(=O)NC2(C(=O)Nc3ccc(N4CCOCC4=O)c(C)c3)CC(=O)N(C)C2)s1. The molecule has 176 valence electrons. The second kappa shape index (κ2) is 9.29. The fourth-order valence-corrected chi connectivity index (χ4v) is 4.82. The van der Waals surface area contributed by atoms with Gasteiger partial charge in [-0.3, -0.25) is 19.2 Å². The number of hydrogen-bond acceptors (Lipinski definition) is 6. The number of nitrogens with one attached hydrogen (secondary N) is 2. The molecule has 4 rings (SSSR count). The van der Waals surface area contributed by atoms with E-state index < -0.39 is 17.4 Å². The Hall–Kier alpha value is -3.68. The summed E-state index contributed by atoms with van der Waals surface area (Å²) in [7, 11) is 1.59. The topological polar surface area (TPSA) is 108 Å². The highest BCUT2D eigenvalue weighted by Gasteiger charge is 2.49. The Morgan fingerprint density at radius 3 is 2.62 bits per heavy atom. The lowest BCUT2D eigenvalue weighted by atomic mass is 9.96. The van der Waals surface area contributed by atoms with Gasteiger partial charge in [-0.25, -0.2) is 0 Å². The number of terminal acetylenes is 1. The second-order valence-corrected chi connectivity index (χ2v) is 9.41. The zero-order valence-electron chi connectivity index (χ0n) is 18.8. The predicted molar refractivity (Wildman–Crippen MR) is 128 cm³/mol. The average Bonchev–Trinajstić information content (AvgIpc) is 3.40. The van der Waals surface area contributed by atoms with Crippen LogP contribution in [0.3, 0.4) is 0 Å². The molecule has 2 fully saturated rings. The number of anilines is 2. The highest BCUT2D eigenvalue weighted by Crippen LogP contribution is 2.28. The summed E-state index contributed by atoms with van der Waals surface area (Å²) in [6.45, 7) is 2.84. The standard InChI is InChI=1S/C24H24N4O5S/c1-4-17-6-8-19(34-17)22(31)26-24(12-20(29)27(3)14-24)23(32)25-16-5-7-18(15(2)11-16)28-9-10-33-13-21(28)30/h1,5-8,11H,9-10,12-14H2,2-3H3,(H,25,32)(H,26,31). The van der Waals surface area contributed by atoms with Crippen molar-refractivity contribution >= 4 is 46.3 Å². The number of nitrogens with zero attached hydrogens (tertiary/aromatic N) is 2. The lowest BCUT2D eigenvalue weighted by molar-refractivity contribution is -0.127. The van der Waals surface area contributed by atoms with Crippen molar-refractivity contribution in [2.24, 2.45) is 0 Å². The van der Waals surface area contributed by atoms with Crippen LogP contribution in [0.1, 0.15) is 26.5 Å². The average molecular weight is 481 g/mol. The zero-order valence-corrected chi connectivity index (χ0v) is 19.7. The van der Waals surface area contributed by atoms with Crippen molar-refractivity contribution in [2.45, 2.75) is 18.9 Å². The quantitative estimate of drug-likeness (QED) is 0.629. The number of carbonyl (C=O) groups is 4. The Balaban J connectivity index is 1.55. The molecule has 2 saturated heterocycles. The van der Waals surface area contributed by atoms with Gasteiger partial charge in [-0.05, 0) is 42.8 Å². The minimum atomic E-state index is -1.43. The Bertz CT molecular complexity index is 1220. The highest BCUT2D eigenvalue weighted by molar-refractivity contribution is 7.14. The Morgan fingerprint density at radius 2 is 2.00 bits per heavy atom. The molecule has 1 aromatic carbocycles. The zero-order chi connectivity index (χ0) is 24.5. The van der Waals surface area contributed by atoms with Crippen LogP contribution < -0.4 is 15.5 Å². The molecule has 9 nitrogen and oxygen atoms in total. The van der Waals surface area contributed by atoms with E-state index in [1.165, 1.54) is 4.90 Å². The van der Waals surface area contributed by atoms with Gasteiger partial charge in [0.1, 0.15) is 12.1 Å². The number of carbonyl (C=O) groups excluding carboxylic acids is 4. The van der Waals surface area contributed by atoms with E-state index >= 15 is 0 Å². The molecule has 0 aliphatic carbocycles. The van der Waals surface area contributed by atoms with Crippen molar-refractivity contribution < 1.29 is 23.9 Å². The summed E-state index contributed by atoms with van der Waals surface area (Å²) in [5, 5.41) is 5.60. The molecule has 2 N–H and O–H groups in total. The molecule has 0 radical (unpaired) electrons. The number of hydrogen-bond donors (Lipinski definition) is 2. The van der Waals surface area contributed by atoms with Gasteiger partial charge in [-0.15, -0.1) is 17.8 Å². The van der Waals surface area contributed by atoms with Crippen molar-refractivity contribution in [1.29, 1.82) is 0 Å². The summed E-state index contributed by atoms with van der Waals surface area (Å²) in [4.78, 5) is 54.8. The van der Waals surface area contributed by atoms with Crippen LogP contribution in [0.4, 0.5) is 11.4 Å². The van der Waals surface area contributed by atoms with Gasteiger partial charge in [0, 0.05) is 25.0 Å². The van der Waals surface area contributed by atoms with Crippen LogP contribution in [-0.2, 0) is 19.1 Å². The monoisotopic (exact) mass is 480 g/mol. The normalized spacial score (nSPS) is 20.3. The number of aryl methyl sites for hydroxylation is 1. The van der Waals surface area contributed by atoms with Crippen LogP contribution in [-0.4, -0.2) is 67.4 Å². The maximum Gasteiger partial charge on any atom is 0.262 e. The van der Waals surface area contributed by atoms with Gasteiger partial charge in [0.05, 0.1) is 29.3 Å². The summed E-state index contributed by atoms with van der Waals surface area (Å²) in [5.41, 5.74) is 0.599. The predicted octanol–water partition coefficient (Wildman–Crippen LogP) is 1.37. The van der Waals surface area contributed by atoms with E-state index in [1.54, 1.807) is 42.3 Å². The minimum absolute atomic E-state index is 0.0365. The molecule has 2 aliphatic heterocycles. The molecule has 2 aromatic rings. The van der Waals surface area contributed by atoms with E-state index in [0.29, 0.717) is 28.6 Å². The van der Waals surface area contributed by atoms with Crippen molar-refractivity contribution in [1.82, 2.24) is 10.2 Å². The number of likely N-dealkylation sites (tertiary alicyclic amines) is 1. The highest BCUT2D eigenvalue weighted by atomic mass is 32.1.